The summed E-state index contributed by atoms with van der Waals surface area (Å²) >= 11 is 1.21. The fourth-order valence-electron chi connectivity index (χ4n) is 2.17. The normalized spacial score (nSPS) is 22.6. The Morgan fingerprint density at radius 2 is 1.86 bits per heavy atom. The number of ether oxygens (including phenoxy) is 2. The summed E-state index contributed by atoms with van der Waals surface area (Å²) < 4.78 is 10.1. The first-order chi connectivity index (χ1) is 9.64. The fourth-order valence-corrected chi connectivity index (χ4v) is 3.14. The van der Waals surface area contributed by atoms with Gasteiger partial charge in [-0.3, -0.25) is 9.69 Å². The molecule has 1 rings (SSSR count). The molecular formula is C14H23NO5S. The van der Waals surface area contributed by atoms with E-state index in [0.717, 1.165) is 0 Å². The van der Waals surface area contributed by atoms with Gasteiger partial charge in [-0.25, -0.2) is 9.59 Å². The van der Waals surface area contributed by atoms with Gasteiger partial charge in [0.25, 0.3) is 0 Å². The van der Waals surface area contributed by atoms with Crippen LogP contribution in [0, 0.1) is 0 Å². The van der Waals surface area contributed by atoms with Crippen molar-refractivity contribution < 1.29 is 23.9 Å². The van der Waals surface area contributed by atoms with Gasteiger partial charge in [0.15, 0.2) is 5.12 Å². The second-order valence-electron chi connectivity index (χ2n) is 5.97. The Balaban J connectivity index is 2.81. The van der Waals surface area contributed by atoms with Crippen molar-refractivity contribution in [3.05, 3.63) is 0 Å². The minimum Gasteiger partial charge on any atom is -0.467 e. The van der Waals surface area contributed by atoms with Crippen molar-refractivity contribution in [1.82, 2.24) is 4.90 Å². The number of esters is 1. The molecule has 1 aliphatic heterocycles. The summed E-state index contributed by atoms with van der Waals surface area (Å²) in [6.45, 7) is 7.20. The molecule has 1 aliphatic rings. The molecule has 0 N–H and O–H groups in total. The van der Waals surface area contributed by atoms with Gasteiger partial charge in [-0.05, 0) is 33.6 Å². The zero-order chi connectivity index (χ0) is 16.2. The van der Waals surface area contributed by atoms with Gasteiger partial charge >= 0.3 is 12.1 Å². The molecule has 0 aliphatic carbocycles. The Hall–Kier alpha value is -1.24. The molecule has 0 aromatic rings. The van der Waals surface area contributed by atoms with E-state index in [1.807, 2.05) is 0 Å². The molecule has 2 atom stereocenters. The van der Waals surface area contributed by atoms with Crippen molar-refractivity contribution in [2.75, 3.05) is 13.7 Å². The third-order valence-electron chi connectivity index (χ3n) is 2.99. The number of methoxy groups -OCH3 is 1. The lowest BCUT2D eigenvalue weighted by Gasteiger charge is -2.37. The van der Waals surface area contributed by atoms with Crippen molar-refractivity contribution in [2.24, 2.45) is 0 Å². The smallest absolute Gasteiger partial charge is 0.411 e. The highest BCUT2D eigenvalue weighted by Crippen LogP contribution is 2.29. The van der Waals surface area contributed by atoms with E-state index in [1.54, 1.807) is 20.8 Å². The minimum atomic E-state index is -0.699. The van der Waals surface area contributed by atoms with E-state index >= 15 is 0 Å². The molecule has 1 heterocycles. The van der Waals surface area contributed by atoms with Crippen LogP contribution in [-0.4, -0.2) is 52.6 Å². The maximum Gasteiger partial charge on any atom is 0.411 e. The monoisotopic (exact) mass is 317 g/mol. The second kappa shape index (κ2) is 7.15. The molecule has 0 unspecified atom stereocenters. The highest BCUT2D eigenvalue weighted by atomic mass is 32.2. The molecule has 0 aromatic heterocycles. The van der Waals surface area contributed by atoms with Crippen LogP contribution in [0.15, 0.2) is 0 Å². The van der Waals surface area contributed by atoms with Crippen LogP contribution < -0.4 is 0 Å². The average Bonchev–Trinajstić information content (AvgIpc) is 2.34. The zero-order valence-electron chi connectivity index (χ0n) is 13.2. The first kappa shape index (κ1) is 17.8. The number of nitrogens with zero attached hydrogens (tertiary/aromatic N) is 1. The van der Waals surface area contributed by atoms with Crippen molar-refractivity contribution in [2.45, 2.75) is 57.4 Å². The number of hydrogen-bond acceptors (Lipinski definition) is 6. The van der Waals surface area contributed by atoms with E-state index in [4.69, 9.17) is 9.47 Å². The molecule has 0 spiro atoms. The van der Waals surface area contributed by atoms with Crippen LogP contribution in [-0.2, 0) is 19.1 Å². The first-order valence-corrected chi connectivity index (χ1v) is 7.76. The summed E-state index contributed by atoms with van der Waals surface area (Å²) in [5.41, 5.74) is -0.622. The predicted octanol–water partition coefficient (Wildman–Crippen LogP) is 2.21. The lowest BCUT2D eigenvalue weighted by Crippen LogP contribution is -2.52. The van der Waals surface area contributed by atoms with E-state index in [2.05, 4.69) is 0 Å². The summed E-state index contributed by atoms with van der Waals surface area (Å²) in [5.74, 6) is -0.477. The first-order valence-electron chi connectivity index (χ1n) is 6.88. The van der Waals surface area contributed by atoms with Crippen LogP contribution in [0.4, 0.5) is 4.79 Å². The number of carbonyl (C=O) groups is 3. The summed E-state index contributed by atoms with van der Waals surface area (Å²) in [6, 6.07) is -0.699. The van der Waals surface area contributed by atoms with E-state index in [9.17, 15) is 14.4 Å². The predicted molar refractivity (Wildman–Crippen MR) is 80.0 cm³/mol. The fraction of sp³-hybridized carbons (Fsp3) is 0.786. The minimum absolute atomic E-state index is 0.00864. The number of thioether (sulfide) groups is 1. The van der Waals surface area contributed by atoms with Gasteiger partial charge in [0, 0.05) is 18.7 Å². The van der Waals surface area contributed by atoms with Gasteiger partial charge in [-0.15, -0.1) is 0 Å². The zero-order valence-corrected chi connectivity index (χ0v) is 14.0. The van der Waals surface area contributed by atoms with Crippen molar-refractivity contribution in [3.8, 4) is 0 Å². The summed E-state index contributed by atoms with van der Waals surface area (Å²) in [7, 11) is 1.29. The second-order valence-corrected chi connectivity index (χ2v) is 7.45. The highest BCUT2D eigenvalue weighted by Gasteiger charge is 2.39. The highest BCUT2D eigenvalue weighted by molar-refractivity contribution is 8.14. The molecule has 0 saturated carbocycles. The number of rotatable bonds is 2. The Morgan fingerprint density at radius 1 is 1.24 bits per heavy atom. The summed E-state index contributed by atoms with van der Waals surface area (Å²) in [4.78, 5) is 36.7. The van der Waals surface area contributed by atoms with Crippen molar-refractivity contribution in [3.63, 3.8) is 0 Å². The summed E-state index contributed by atoms with van der Waals surface area (Å²) in [6.07, 6.45) is 0.525. The standard InChI is InChI=1S/C14H23NO5S/c1-9(16)21-10-6-7-15(11(8-10)12(17)19-5)13(18)20-14(2,3)4/h10-11H,6-8H2,1-5H3/t10-,11-/m0/s1. The lowest BCUT2D eigenvalue weighted by molar-refractivity contribution is -0.148. The van der Waals surface area contributed by atoms with Crippen LogP contribution in [0.25, 0.3) is 0 Å². The molecule has 1 fully saturated rings. The number of carbonyl (C=O) groups excluding carboxylic acids is 3. The van der Waals surface area contributed by atoms with Crippen molar-refractivity contribution in [1.29, 1.82) is 0 Å². The number of amides is 1. The van der Waals surface area contributed by atoms with Crippen molar-refractivity contribution >= 4 is 28.9 Å². The Labute approximate surface area is 129 Å². The topological polar surface area (TPSA) is 72.9 Å². The third kappa shape index (κ3) is 5.57. The maximum absolute atomic E-state index is 12.2. The number of hydrogen-bond donors (Lipinski definition) is 0. The van der Waals surface area contributed by atoms with Crippen LogP contribution in [0.3, 0.4) is 0 Å². The molecule has 1 saturated heterocycles. The quantitative estimate of drug-likeness (QED) is 0.727. The Kier molecular flexibility index (Phi) is 6.07. The van der Waals surface area contributed by atoms with Gasteiger partial charge in [-0.1, -0.05) is 11.8 Å². The molecule has 0 aromatic carbocycles. The van der Waals surface area contributed by atoms with Gasteiger partial charge in [0.1, 0.15) is 11.6 Å². The van der Waals surface area contributed by atoms with E-state index in [1.165, 1.54) is 30.7 Å². The van der Waals surface area contributed by atoms with Gasteiger partial charge in [-0.2, -0.15) is 0 Å². The summed E-state index contributed by atoms with van der Waals surface area (Å²) in [5, 5.41) is 0.0274. The number of piperidine rings is 1. The van der Waals surface area contributed by atoms with Gasteiger partial charge in [0.05, 0.1) is 7.11 Å². The van der Waals surface area contributed by atoms with Crippen LogP contribution in [0.5, 0.6) is 0 Å². The van der Waals surface area contributed by atoms with E-state index in [0.29, 0.717) is 19.4 Å². The van der Waals surface area contributed by atoms with Gasteiger partial charge in [0.2, 0.25) is 0 Å². The lowest BCUT2D eigenvalue weighted by atomic mass is 10.0. The van der Waals surface area contributed by atoms with E-state index in [-0.39, 0.29) is 10.4 Å². The molecule has 21 heavy (non-hydrogen) atoms. The molecule has 120 valence electrons. The molecular weight excluding hydrogens is 294 g/mol. The molecule has 0 bridgehead atoms. The molecule has 7 heteroatoms. The Bertz CT molecular complexity index is 418. The van der Waals surface area contributed by atoms with Crippen LogP contribution >= 0.6 is 11.8 Å². The van der Waals surface area contributed by atoms with Crippen LogP contribution in [0.2, 0.25) is 0 Å². The largest absolute Gasteiger partial charge is 0.467 e. The Morgan fingerprint density at radius 3 is 2.33 bits per heavy atom. The van der Waals surface area contributed by atoms with E-state index < -0.39 is 23.7 Å². The third-order valence-corrected chi connectivity index (χ3v) is 4.08. The molecule has 0 radical (unpaired) electrons. The number of likely N-dealkylation sites (tertiary alicyclic amines) is 1. The molecule has 1 amide bonds. The maximum atomic E-state index is 12.2. The van der Waals surface area contributed by atoms with Crippen LogP contribution in [0.1, 0.15) is 40.5 Å². The average molecular weight is 317 g/mol. The van der Waals surface area contributed by atoms with Gasteiger partial charge < -0.3 is 9.47 Å². The molecule has 6 nitrogen and oxygen atoms in total. The SMILES string of the molecule is COC(=O)[C@@H]1C[C@@H](SC(C)=O)CCN1C(=O)OC(C)(C)C.